The van der Waals surface area contributed by atoms with Crippen LogP contribution in [0.3, 0.4) is 0 Å². The molecule has 1 fully saturated rings. The Morgan fingerprint density at radius 2 is 1.58 bits per heavy atom. The van der Waals surface area contributed by atoms with E-state index in [4.69, 9.17) is 46.4 Å². The van der Waals surface area contributed by atoms with E-state index in [2.05, 4.69) is 10.6 Å². The number of anilines is 2. The zero-order valence-electron chi connectivity index (χ0n) is 16.5. The highest BCUT2D eigenvalue weighted by Crippen LogP contribution is 2.65. The molecule has 11 heteroatoms. The maximum absolute atomic E-state index is 13.0. The Morgan fingerprint density at radius 3 is 2.21 bits per heavy atom. The first kappa shape index (κ1) is 23.6. The van der Waals surface area contributed by atoms with Gasteiger partial charge in [0.2, 0.25) is 5.91 Å². The van der Waals surface area contributed by atoms with Gasteiger partial charge in [0.25, 0.3) is 5.69 Å². The Morgan fingerprint density at radius 1 is 0.939 bits per heavy atom. The molecule has 2 atom stereocenters. The average molecular weight is 529 g/mol. The van der Waals surface area contributed by atoms with E-state index < -0.39 is 33.8 Å². The van der Waals surface area contributed by atoms with Gasteiger partial charge in [-0.25, -0.2) is 4.39 Å². The molecule has 6 nitrogen and oxygen atoms in total. The molecule has 170 valence electrons. The molecular weight excluding hydrogens is 515 g/mol. The van der Waals surface area contributed by atoms with Gasteiger partial charge in [-0.15, -0.1) is 23.2 Å². The Hall–Kier alpha value is -2.58. The predicted molar refractivity (Wildman–Crippen MR) is 126 cm³/mol. The molecule has 1 aromatic heterocycles. The first-order valence-electron chi connectivity index (χ1n) is 9.51. The molecular formula is C22H14Cl4FN3O3. The Labute approximate surface area is 207 Å². The number of halogens is 5. The number of nitrogens with zero attached hydrogens (tertiary/aromatic N) is 1. The molecule has 0 bridgehead atoms. The highest BCUT2D eigenvalue weighted by Gasteiger charge is 2.67. The van der Waals surface area contributed by atoms with Gasteiger partial charge < -0.3 is 15.8 Å². The highest BCUT2D eigenvalue weighted by molar-refractivity contribution is 6.53. The minimum absolute atomic E-state index is 0.190. The van der Waals surface area contributed by atoms with E-state index in [0.29, 0.717) is 26.0 Å². The van der Waals surface area contributed by atoms with E-state index in [1.54, 1.807) is 18.2 Å². The maximum Gasteiger partial charge on any atom is 0.321 e. The summed E-state index contributed by atoms with van der Waals surface area (Å²) in [6.45, 7) is 0. The molecule has 0 saturated heterocycles. The van der Waals surface area contributed by atoms with Crippen LogP contribution in [0.25, 0.3) is 0 Å². The van der Waals surface area contributed by atoms with Crippen LogP contribution < -0.4 is 15.4 Å². The molecule has 2 N–H and O–H groups in total. The molecule has 1 aliphatic rings. The third kappa shape index (κ3) is 5.01. The summed E-state index contributed by atoms with van der Waals surface area (Å²) in [6.07, 6.45) is 1.07. The van der Waals surface area contributed by atoms with Crippen molar-refractivity contribution in [2.24, 2.45) is 5.92 Å². The average Bonchev–Trinajstić information content (AvgIpc) is 3.32. The lowest BCUT2D eigenvalue weighted by Crippen LogP contribution is -2.36. The fourth-order valence-corrected chi connectivity index (χ4v) is 4.87. The van der Waals surface area contributed by atoms with Crippen molar-refractivity contribution in [3.8, 4) is 0 Å². The lowest BCUT2D eigenvalue weighted by Gasteiger charge is -2.09. The fourth-order valence-electron chi connectivity index (χ4n) is 3.50. The largest absolute Gasteiger partial charge is 0.618 e. The number of benzene rings is 2. The second-order valence-electron chi connectivity index (χ2n) is 7.41. The maximum atomic E-state index is 13.0. The lowest BCUT2D eigenvalue weighted by atomic mass is 10.1. The van der Waals surface area contributed by atoms with Crippen molar-refractivity contribution in [3.05, 3.63) is 93.1 Å². The van der Waals surface area contributed by atoms with Gasteiger partial charge in [-0.3, -0.25) is 9.59 Å². The van der Waals surface area contributed by atoms with Gasteiger partial charge in [0.1, 0.15) is 10.2 Å². The van der Waals surface area contributed by atoms with Crippen molar-refractivity contribution in [1.82, 2.24) is 0 Å². The van der Waals surface area contributed by atoms with E-state index in [1.807, 2.05) is 0 Å². The second kappa shape index (κ2) is 8.99. The summed E-state index contributed by atoms with van der Waals surface area (Å²) in [4.78, 5) is 25.4. The van der Waals surface area contributed by atoms with Gasteiger partial charge in [-0.1, -0.05) is 23.2 Å². The van der Waals surface area contributed by atoms with Gasteiger partial charge >= 0.3 is 5.91 Å². The van der Waals surface area contributed by atoms with E-state index in [-0.39, 0.29) is 11.4 Å². The number of amides is 2. The predicted octanol–water partition coefficient (Wildman–Crippen LogP) is 5.54. The van der Waals surface area contributed by atoms with Crippen LogP contribution in [0.15, 0.2) is 60.8 Å². The number of nitrogens with one attached hydrogen (secondary N) is 2. The van der Waals surface area contributed by atoms with Crippen LogP contribution in [0.4, 0.5) is 15.8 Å². The van der Waals surface area contributed by atoms with Gasteiger partial charge in [0.15, 0.2) is 6.20 Å². The normalized spacial score (nSPS) is 18.5. The van der Waals surface area contributed by atoms with Crippen molar-refractivity contribution < 1.29 is 18.7 Å². The number of carbonyl (C=O) groups is 2. The molecule has 0 aliphatic heterocycles. The minimum Gasteiger partial charge on any atom is -0.618 e. The number of aromatic nitrogens is 1. The standard InChI is InChI=1S/C22H14Cl4FN3O3/c23-12-7-11(8-13(24)9-12)18-19(22(18,25)26)21(32)29-16-5-6-30(33)17(10-16)20(31)28-15-3-1-14(27)2-4-15/h1-10,18-19H,(H,28,31)(H,29,32). The first-order valence-corrected chi connectivity index (χ1v) is 11.0. The number of hydrogen-bond donors (Lipinski definition) is 2. The Balaban J connectivity index is 1.50. The fraction of sp³-hybridized carbons (Fsp3) is 0.136. The van der Waals surface area contributed by atoms with Crippen LogP contribution >= 0.6 is 46.4 Å². The SMILES string of the molecule is O=C(Nc1ccc(F)cc1)c1cc(NC(=O)C2C(c3cc(Cl)cc(Cl)c3)C2(Cl)Cl)cc[n+]1[O-]. The summed E-state index contributed by atoms with van der Waals surface area (Å²) in [5, 5.41) is 18.0. The van der Waals surface area contributed by atoms with E-state index in [1.165, 1.54) is 36.4 Å². The quantitative estimate of drug-likeness (QED) is 0.259. The van der Waals surface area contributed by atoms with Crippen molar-refractivity contribution in [2.75, 3.05) is 10.6 Å². The van der Waals surface area contributed by atoms with E-state index in [9.17, 15) is 19.2 Å². The summed E-state index contributed by atoms with van der Waals surface area (Å²) in [5.74, 6) is -3.08. The van der Waals surface area contributed by atoms with Crippen molar-refractivity contribution in [2.45, 2.75) is 10.3 Å². The number of alkyl halides is 2. The second-order valence-corrected chi connectivity index (χ2v) is 9.73. The number of carbonyl (C=O) groups excluding carboxylic acids is 2. The topological polar surface area (TPSA) is 85.1 Å². The third-order valence-electron chi connectivity index (χ3n) is 5.10. The molecule has 2 amide bonds. The monoisotopic (exact) mass is 527 g/mol. The van der Waals surface area contributed by atoms with Crippen molar-refractivity contribution in [3.63, 3.8) is 0 Å². The van der Waals surface area contributed by atoms with Gasteiger partial charge in [0.05, 0.1) is 11.6 Å². The number of pyridine rings is 1. The Kier molecular flexibility index (Phi) is 6.42. The molecule has 33 heavy (non-hydrogen) atoms. The third-order valence-corrected chi connectivity index (χ3v) is 6.48. The summed E-state index contributed by atoms with van der Waals surface area (Å²) >= 11 is 24.8. The van der Waals surface area contributed by atoms with Crippen LogP contribution in [0.2, 0.25) is 10.0 Å². The summed E-state index contributed by atoms with van der Waals surface area (Å²) < 4.78 is 12.0. The zero-order chi connectivity index (χ0) is 23.9. The van der Waals surface area contributed by atoms with Crippen LogP contribution in [0.1, 0.15) is 22.0 Å². The number of hydrogen-bond acceptors (Lipinski definition) is 3. The lowest BCUT2D eigenvalue weighted by molar-refractivity contribution is -0.607. The van der Waals surface area contributed by atoms with Gasteiger partial charge in [0, 0.05) is 33.8 Å². The van der Waals surface area contributed by atoms with Crippen LogP contribution in [-0.2, 0) is 4.79 Å². The zero-order valence-corrected chi connectivity index (χ0v) is 19.5. The van der Waals surface area contributed by atoms with Gasteiger partial charge in [-0.05, 0) is 48.0 Å². The van der Waals surface area contributed by atoms with Crippen LogP contribution in [-0.4, -0.2) is 16.1 Å². The van der Waals surface area contributed by atoms with Crippen molar-refractivity contribution >= 4 is 69.6 Å². The first-order chi connectivity index (χ1) is 15.6. The molecule has 0 spiro atoms. The molecule has 0 radical (unpaired) electrons. The molecule has 3 aromatic rings. The van der Waals surface area contributed by atoms with Crippen LogP contribution in [0, 0.1) is 16.9 Å². The van der Waals surface area contributed by atoms with E-state index >= 15 is 0 Å². The van der Waals surface area contributed by atoms with E-state index in [0.717, 1.165) is 6.20 Å². The minimum atomic E-state index is -1.38. The molecule has 2 aromatic carbocycles. The molecule has 1 aliphatic carbocycles. The van der Waals surface area contributed by atoms with Crippen LogP contribution in [0.5, 0.6) is 0 Å². The smallest absolute Gasteiger partial charge is 0.321 e. The summed E-state index contributed by atoms with van der Waals surface area (Å²) in [5.41, 5.74) is 0.817. The number of rotatable bonds is 5. The summed E-state index contributed by atoms with van der Waals surface area (Å²) in [6, 6.07) is 12.4. The molecule has 4 rings (SSSR count). The molecule has 1 saturated carbocycles. The summed E-state index contributed by atoms with van der Waals surface area (Å²) in [7, 11) is 0. The molecule has 1 heterocycles. The molecule has 2 unspecified atom stereocenters. The van der Waals surface area contributed by atoms with Gasteiger partial charge in [-0.2, -0.15) is 4.73 Å². The van der Waals surface area contributed by atoms with Crippen molar-refractivity contribution in [1.29, 1.82) is 0 Å². The highest BCUT2D eigenvalue weighted by atomic mass is 35.5. The Bertz CT molecular complexity index is 1230.